The molecule has 10 heteroatoms. The molecule has 0 fully saturated rings. The van der Waals surface area contributed by atoms with Crippen LogP contribution < -0.4 is 5.32 Å². The first-order valence-corrected chi connectivity index (χ1v) is 16.5. The Morgan fingerprint density at radius 1 is 0.745 bits per heavy atom. The van der Waals surface area contributed by atoms with Crippen molar-refractivity contribution in [2.24, 2.45) is 0 Å². The third-order valence-electron chi connectivity index (χ3n) is 8.14. The van der Waals surface area contributed by atoms with Crippen LogP contribution in [0.3, 0.4) is 0 Å². The summed E-state index contributed by atoms with van der Waals surface area (Å²) in [6.45, 7) is 8.41. The van der Waals surface area contributed by atoms with Crippen molar-refractivity contribution in [1.82, 2.24) is 4.90 Å². The van der Waals surface area contributed by atoms with Crippen LogP contribution in [0, 0.1) is 0 Å². The maximum absolute atomic E-state index is 13.7. The molecule has 0 aliphatic heterocycles. The molecule has 0 atom stereocenters. The van der Waals surface area contributed by atoms with Crippen molar-refractivity contribution in [3.8, 4) is 11.1 Å². The molecular formula is C41H42N2O8. The number of carbonyl (C=O) groups excluding carboxylic acids is 5. The van der Waals surface area contributed by atoms with Gasteiger partial charge in [0.25, 0.3) is 11.8 Å². The number of ether oxygens (including phenoxy) is 3. The molecule has 2 amide bonds. The maximum atomic E-state index is 13.7. The smallest absolute Gasteiger partial charge is 0.331 e. The fourth-order valence-corrected chi connectivity index (χ4v) is 5.44. The molecule has 0 heterocycles. The molecule has 0 spiro atoms. The molecule has 0 radical (unpaired) electrons. The number of hydrogen-bond acceptors (Lipinski definition) is 8. The molecule has 4 aromatic carbocycles. The molecule has 0 aliphatic rings. The lowest BCUT2D eigenvalue weighted by Gasteiger charge is -2.29. The summed E-state index contributed by atoms with van der Waals surface area (Å²) >= 11 is 0. The lowest BCUT2D eigenvalue weighted by Crippen LogP contribution is -2.50. The minimum Gasteiger partial charge on any atom is -0.465 e. The summed E-state index contributed by atoms with van der Waals surface area (Å²) < 4.78 is 16.1. The summed E-state index contributed by atoms with van der Waals surface area (Å²) in [5.41, 5.74) is 2.87. The monoisotopic (exact) mass is 690 g/mol. The quantitative estimate of drug-likeness (QED) is 0.0904. The van der Waals surface area contributed by atoms with E-state index in [2.05, 4.69) is 11.9 Å². The van der Waals surface area contributed by atoms with Crippen LogP contribution in [0.25, 0.3) is 16.7 Å². The van der Waals surface area contributed by atoms with Crippen molar-refractivity contribution in [3.05, 3.63) is 131 Å². The van der Waals surface area contributed by atoms with E-state index in [1.165, 1.54) is 11.0 Å². The highest BCUT2D eigenvalue weighted by atomic mass is 16.6. The molecule has 264 valence electrons. The van der Waals surface area contributed by atoms with Crippen molar-refractivity contribution in [3.63, 3.8) is 0 Å². The van der Waals surface area contributed by atoms with Crippen LogP contribution in [0.1, 0.15) is 58.2 Å². The van der Waals surface area contributed by atoms with Gasteiger partial charge in [-0.05, 0) is 66.8 Å². The molecule has 10 nitrogen and oxygen atoms in total. The van der Waals surface area contributed by atoms with E-state index in [-0.39, 0.29) is 36.4 Å². The molecular weight excluding hydrogens is 648 g/mol. The van der Waals surface area contributed by atoms with Gasteiger partial charge in [0, 0.05) is 19.7 Å². The van der Waals surface area contributed by atoms with E-state index in [1.807, 2.05) is 43.3 Å². The molecule has 0 saturated heterocycles. The van der Waals surface area contributed by atoms with Crippen LogP contribution >= 0.6 is 0 Å². The molecule has 51 heavy (non-hydrogen) atoms. The van der Waals surface area contributed by atoms with E-state index < -0.39 is 41.7 Å². The first-order valence-electron chi connectivity index (χ1n) is 16.5. The highest BCUT2D eigenvalue weighted by Crippen LogP contribution is 2.30. The van der Waals surface area contributed by atoms with Gasteiger partial charge in [0.15, 0.2) is 0 Å². The first-order chi connectivity index (χ1) is 24.4. The van der Waals surface area contributed by atoms with Gasteiger partial charge < -0.3 is 24.4 Å². The number of nitrogens with zero attached hydrogens (tertiary/aromatic N) is 1. The van der Waals surface area contributed by atoms with Gasteiger partial charge in [-0.2, -0.15) is 0 Å². The predicted octanol–water partition coefficient (Wildman–Crippen LogP) is 6.49. The highest BCUT2D eigenvalue weighted by molar-refractivity contribution is 6.12. The molecule has 4 aromatic rings. The summed E-state index contributed by atoms with van der Waals surface area (Å²) in [7, 11) is 3.15. The number of allylic oxidation sites excluding steroid dienone is 1. The van der Waals surface area contributed by atoms with Crippen molar-refractivity contribution < 1.29 is 38.2 Å². The van der Waals surface area contributed by atoms with Crippen LogP contribution in [-0.2, 0) is 40.4 Å². The largest absolute Gasteiger partial charge is 0.465 e. The molecule has 0 aromatic heterocycles. The number of nitrogens with one attached hydrogen (secondary N) is 1. The van der Waals surface area contributed by atoms with E-state index in [4.69, 9.17) is 14.2 Å². The lowest BCUT2D eigenvalue weighted by atomic mass is 9.81. The predicted molar refractivity (Wildman–Crippen MR) is 195 cm³/mol. The van der Waals surface area contributed by atoms with Crippen LogP contribution in [-0.4, -0.2) is 68.5 Å². The summed E-state index contributed by atoms with van der Waals surface area (Å²) in [5, 5.41) is 2.88. The maximum Gasteiger partial charge on any atom is 0.331 e. The van der Waals surface area contributed by atoms with Gasteiger partial charge in [-0.1, -0.05) is 91.0 Å². The Morgan fingerprint density at radius 3 is 1.94 bits per heavy atom. The van der Waals surface area contributed by atoms with Crippen molar-refractivity contribution in [2.75, 3.05) is 39.2 Å². The summed E-state index contributed by atoms with van der Waals surface area (Å²) in [5.74, 6) is -3.42. The third kappa shape index (κ3) is 8.77. The van der Waals surface area contributed by atoms with E-state index in [9.17, 15) is 24.0 Å². The lowest BCUT2D eigenvalue weighted by molar-refractivity contribution is -0.170. The zero-order valence-electron chi connectivity index (χ0n) is 29.5. The standard InChI is InChI=1S/C41H42N2O8/c1-7-49-39(47)41(40(48)50-8-2,31-14-10-9-11-15-31)26-51-36(44)25-28-18-23-35(34(24-28)38(46)43(5)6)42-37(45)33-17-13-12-16-32(33)30-21-19-29(20-22-30)27(3)4/h9-24H,3,7-8,25-26H2,1-2,4-6H3,(H,42,45). The Morgan fingerprint density at radius 2 is 1.35 bits per heavy atom. The van der Waals surface area contributed by atoms with Gasteiger partial charge in [-0.3, -0.25) is 24.0 Å². The highest BCUT2D eigenvalue weighted by Gasteiger charge is 2.52. The second kappa shape index (κ2) is 17.1. The Hall–Kier alpha value is -6.03. The second-order valence-electron chi connectivity index (χ2n) is 12.0. The molecule has 0 bridgehead atoms. The van der Waals surface area contributed by atoms with E-state index in [1.54, 1.807) is 82.5 Å². The van der Waals surface area contributed by atoms with Crippen LogP contribution in [0.2, 0.25) is 0 Å². The molecule has 1 N–H and O–H groups in total. The number of hydrogen-bond donors (Lipinski definition) is 1. The molecule has 0 unspecified atom stereocenters. The fourth-order valence-electron chi connectivity index (χ4n) is 5.44. The number of benzene rings is 4. The first kappa shape index (κ1) is 37.8. The zero-order valence-corrected chi connectivity index (χ0v) is 29.5. The number of anilines is 1. The number of rotatable bonds is 14. The van der Waals surface area contributed by atoms with E-state index in [0.29, 0.717) is 16.7 Å². The van der Waals surface area contributed by atoms with Crippen molar-refractivity contribution in [2.45, 2.75) is 32.6 Å². The summed E-state index contributed by atoms with van der Waals surface area (Å²) in [6.07, 6.45) is -0.304. The molecule has 4 rings (SSSR count). The summed E-state index contributed by atoms with van der Waals surface area (Å²) in [4.78, 5) is 68.2. The number of carbonyl (C=O) groups is 5. The number of esters is 3. The van der Waals surface area contributed by atoms with Gasteiger partial charge in [0.2, 0.25) is 5.41 Å². The van der Waals surface area contributed by atoms with Gasteiger partial charge in [0.1, 0.15) is 6.61 Å². The average molecular weight is 691 g/mol. The Kier molecular flexibility index (Phi) is 12.6. The summed E-state index contributed by atoms with van der Waals surface area (Å²) in [6, 6.07) is 27.7. The van der Waals surface area contributed by atoms with Crippen LogP contribution in [0.4, 0.5) is 5.69 Å². The Labute approximate surface area is 298 Å². The second-order valence-corrected chi connectivity index (χ2v) is 12.0. The van der Waals surface area contributed by atoms with Gasteiger partial charge in [-0.15, -0.1) is 0 Å². The van der Waals surface area contributed by atoms with Gasteiger partial charge >= 0.3 is 17.9 Å². The van der Waals surface area contributed by atoms with Crippen LogP contribution in [0.15, 0.2) is 104 Å². The SMILES string of the molecule is C=C(C)c1ccc(-c2ccccc2C(=O)Nc2ccc(CC(=O)OCC(C(=O)OCC)(C(=O)OCC)c3ccccc3)cc2C(=O)N(C)C)cc1. The van der Waals surface area contributed by atoms with Crippen LogP contribution in [0.5, 0.6) is 0 Å². The zero-order chi connectivity index (χ0) is 37.1. The molecule has 0 aliphatic carbocycles. The normalized spacial score (nSPS) is 10.8. The van der Waals surface area contributed by atoms with Gasteiger partial charge in [0.05, 0.1) is 30.9 Å². The van der Waals surface area contributed by atoms with E-state index in [0.717, 1.165) is 16.7 Å². The molecule has 0 saturated carbocycles. The van der Waals surface area contributed by atoms with E-state index >= 15 is 0 Å². The van der Waals surface area contributed by atoms with Crippen molar-refractivity contribution >= 4 is 41.0 Å². The van der Waals surface area contributed by atoms with Gasteiger partial charge in [-0.25, -0.2) is 0 Å². The minimum absolute atomic E-state index is 0.0134. The topological polar surface area (TPSA) is 128 Å². The fraction of sp³-hybridized carbons (Fsp3) is 0.244. The number of amides is 2. The average Bonchev–Trinajstić information content (AvgIpc) is 3.13. The minimum atomic E-state index is -2.05. The van der Waals surface area contributed by atoms with Crippen molar-refractivity contribution in [1.29, 1.82) is 0 Å². The third-order valence-corrected chi connectivity index (χ3v) is 8.14. The Balaban J connectivity index is 1.60. The Bertz CT molecular complexity index is 1900.